The summed E-state index contributed by atoms with van der Waals surface area (Å²) >= 11 is 0. The Balaban J connectivity index is 1.42. The van der Waals surface area contributed by atoms with Gasteiger partial charge < -0.3 is 10.2 Å². The Morgan fingerprint density at radius 1 is 0.906 bits per heavy atom. The largest absolute Gasteiger partial charge is 0.416 e. The van der Waals surface area contributed by atoms with E-state index in [2.05, 4.69) is 52.7 Å². The average Bonchev–Trinajstić information content (AvgIpc) is 3.18. The zero-order valence-corrected chi connectivity index (χ0v) is 18.2. The number of alkyl halides is 3. The van der Waals surface area contributed by atoms with E-state index in [9.17, 15) is 13.2 Å². The van der Waals surface area contributed by atoms with Crippen LogP contribution < -0.4 is 10.2 Å². The number of piperidine rings is 1. The van der Waals surface area contributed by atoms with Crippen molar-refractivity contribution in [2.24, 2.45) is 0 Å². The molecule has 0 amide bonds. The van der Waals surface area contributed by atoms with Gasteiger partial charge in [-0.1, -0.05) is 54.6 Å². The molecule has 0 aromatic heterocycles. The molecule has 1 aliphatic heterocycles. The van der Waals surface area contributed by atoms with Crippen LogP contribution >= 0.6 is 0 Å². The van der Waals surface area contributed by atoms with E-state index < -0.39 is 11.7 Å². The molecule has 0 spiro atoms. The van der Waals surface area contributed by atoms with Gasteiger partial charge in [0, 0.05) is 37.2 Å². The lowest BCUT2D eigenvalue weighted by atomic mass is 9.72. The summed E-state index contributed by atoms with van der Waals surface area (Å²) in [6, 6.07) is 21.0. The summed E-state index contributed by atoms with van der Waals surface area (Å²) in [5, 5.41) is 3.24. The van der Waals surface area contributed by atoms with Gasteiger partial charge in [-0.05, 0) is 59.8 Å². The zero-order valence-electron chi connectivity index (χ0n) is 18.2. The van der Waals surface area contributed by atoms with Crippen molar-refractivity contribution in [3.05, 3.63) is 89.0 Å². The quantitative estimate of drug-likeness (QED) is 0.420. The minimum Gasteiger partial charge on any atom is -0.371 e. The van der Waals surface area contributed by atoms with E-state index in [0.717, 1.165) is 44.0 Å². The van der Waals surface area contributed by atoms with E-state index in [0.29, 0.717) is 6.54 Å². The molecular weight excluding hydrogens is 409 g/mol. The smallest absolute Gasteiger partial charge is 0.371 e. The molecule has 1 N–H and O–H groups in total. The van der Waals surface area contributed by atoms with Gasteiger partial charge in [0.05, 0.1) is 5.56 Å². The van der Waals surface area contributed by atoms with Gasteiger partial charge in [0.2, 0.25) is 0 Å². The lowest BCUT2D eigenvalue weighted by molar-refractivity contribution is -0.137. The van der Waals surface area contributed by atoms with Crippen molar-refractivity contribution in [3.63, 3.8) is 0 Å². The minimum atomic E-state index is -4.32. The normalized spacial score (nSPS) is 17.2. The fourth-order valence-corrected chi connectivity index (χ4v) is 5.54. The predicted molar refractivity (Wildman–Crippen MR) is 123 cm³/mol. The average molecular weight is 437 g/mol. The number of hydrogen-bond acceptors (Lipinski definition) is 2. The van der Waals surface area contributed by atoms with E-state index in [4.69, 9.17) is 0 Å². The van der Waals surface area contributed by atoms with E-state index in [-0.39, 0.29) is 5.41 Å². The van der Waals surface area contributed by atoms with Crippen molar-refractivity contribution < 1.29 is 13.2 Å². The highest BCUT2D eigenvalue weighted by Crippen LogP contribution is 2.44. The maximum absolute atomic E-state index is 13.3. The monoisotopic (exact) mass is 436 g/mol. The molecule has 2 nitrogen and oxygen atoms in total. The molecule has 5 rings (SSSR count). The second kappa shape index (κ2) is 7.96. The first-order chi connectivity index (χ1) is 15.4. The summed E-state index contributed by atoms with van der Waals surface area (Å²) in [6.07, 6.45) is -1.76. The van der Waals surface area contributed by atoms with Crippen molar-refractivity contribution in [2.45, 2.75) is 30.9 Å². The van der Waals surface area contributed by atoms with Gasteiger partial charge in [-0.25, -0.2) is 0 Å². The maximum atomic E-state index is 13.3. The number of hydrogen-bond donors (Lipinski definition) is 1. The Morgan fingerprint density at radius 2 is 1.62 bits per heavy atom. The van der Waals surface area contributed by atoms with Gasteiger partial charge in [0.25, 0.3) is 0 Å². The first-order valence-electron chi connectivity index (χ1n) is 11.2. The molecule has 0 bridgehead atoms. The summed E-state index contributed by atoms with van der Waals surface area (Å²) in [4.78, 5) is 2.42. The molecule has 32 heavy (non-hydrogen) atoms. The second-order valence-corrected chi connectivity index (χ2v) is 9.01. The summed E-state index contributed by atoms with van der Waals surface area (Å²) in [5.74, 6) is 0. The fourth-order valence-electron chi connectivity index (χ4n) is 5.54. The molecular formula is C27H27F3N2. The van der Waals surface area contributed by atoms with Crippen LogP contribution in [0.1, 0.15) is 35.1 Å². The second-order valence-electron chi connectivity index (χ2n) is 9.01. The molecule has 5 heteroatoms. The van der Waals surface area contributed by atoms with Crippen LogP contribution in [0.2, 0.25) is 0 Å². The maximum Gasteiger partial charge on any atom is 0.416 e. The Labute approximate surface area is 187 Å². The van der Waals surface area contributed by atoms with Crippen LogP contribution in [0.3, 0.4) is 0 Å². The van der Waals surface area contributed by atoms with Gasteiger partial charge >= 0.3 is 6.18 Å². The Kier molecular flexibility index (Phi) is 5.25. The lowest BCUT2D eigenvalue weighted by Gasteiger charge is -2.44. The number of anilines is 1. The Bertz CT molecular complexity index is 1130. The number of halogens is 3. The van der Waals surface area contributed by atoms with Crippen molar-refractivity contribution in [2.75, 3.05) is 31.6 Å². The summed E-state index contributed by atoms with van der Waals surface area (Å²) in [7, 11) is 1.88. The van der Waals surface area contributed by atoms with Crippen LogP contribution in [-0.2, 0) is 18.0 Å². The Morgan fingerprint density at radius 3 is 2.38 bits per heavy atom. The number of rotatable bonds is 4. The van der Waals surface area contributed by atoms with E-state index in [1.54, 1.807) is 6.07 Å². The van der Waals surface area contributed by atoms with Crippen LogP contribution in [0, 0.1) is 0 Å². The van der Waals surface area contributed by atoms with E-state index in [1.165, 1.54) is 34.0 Å². The van der Waals surface area contributed by atoms with Crippen LogP contribution in [0.5, 0.6) is 0 Å². The van der Waals surface area contributed by atoms with Gasteiger partial charge in [-0.3, -0.25) is 0 Å². The fraction of sp³-hybridized carbons (Fsp3) is 0.333. The van der Waals surface area contributed by atoms with Crippen molar-refractivity contribution in [1.82, 2.24) is 5.32 Å². The highest BCUT2D eigenvalue weighted by atomic mass is 19.4. The topological polar surface area (TPSA) is 15.3 Å². The SMILES string of the molecule is CNCC1(c2cccc(C(F)(F)F)c2)CCN(c2cccc3c2Cc2ccccc2-3)CC1. The highest BCUT2D eigenvalue weighted by Gasteiger charge is 2.39. The first kappa shape index (κ1) is 21.1. The van der Waals surface area contributed by atoms with Gasteiger partial charge in [-0.2, -0.15) is 13.2 Å². The lowest BCUT2D eigenvalue weighted by Crippen LogP contribution is -2.47. The summed E-state index contributed by atoms with van der Waals surface area (Å²) in [6.45, 7) is 2.32. The molecule has 1 aliphatic carbocycles. The van der Waals surface area contributed by atoms with Crippen LogP contribution in [0.4, 0.5) is 18.9 Å². The predicted octanol–water partition coefficient (Wildman–Crippen LogP) is 6.03. The number of nitrogens with zero attached hydrogens (tertiary/aromatic N) is 1. The molecule has 2 aliphatic rings. The Hall–Kier alpha value is -2.79. The molecule has 3 aromatic carbocycles. The van der Waals surface area contributed by atoms with Crippen LogP contribution in [0.15, 0.2) is 66.7 Å². The highest BCUT2D eigenvalue weighted by molar-refractivity contribution is 5.82. The van der Waals surface area contributed by atoms with Gasteiger partial charge in [-0.15, -0.1) is 0 Å². The molecule has 3 aromatic rings. The first-order valence-corrected chi connectivity index (χ1v) is 11.2. The molecule has 0 unspecified atom stereocenters. The van der Waals surface area contributed by atoms with E-state index in [1.807, 2.05) is 13.1 Å². The minimum absolute atomic E-state index is 0.298. The van der Waals surface area contributed by atoms with Crippen LogP contribution in [0.25, 0.3) is 11.1 Å². The molecule has 1 fully saturated rings. The zero-order chi connectivity index (χ0) is 22.3. The third-order valence-electron chi connectivity index (χ3n) is 7.20. The van der Waals surface area contributed by atoms with Gasteiger partial charge in [0.1, 0.15) is 0 Å². The third kappa shape index (κ3) is 3.58. The number of likely N-dealkylation sites (N-methyl/N-ethyl adjacent to an activating group) is 1. The molecule has 0 atom stereocenters. The summed E-state index contributed by atoms with van der Waals surface area (Å²) < 4.78 is 40.0. The number of benzene rings is 3. The molecule has 1 heterocycles. The molecule has 1 saturated heterocycles. The standard InChI is InChI=1S/C27H27F3N2/c1-31-18-26(20-7-4-8-21(17-20)27(28,29)30)12-14-32(15-13-26)25-11-5-10-23-22-9-3-2-6-19(22)16-24(23)25/h2-11,17,31H,12-16,18H2,1H3. The molecule has 0 radical (unpaired) electrons. The summed E-state index contributed by atoms with van der Waals surface area (Å²) in [5.41, 5.74) is 6.54. The van der Waals surface area contributed by atoms with Gasteiger partial charge in [0.15, 0.2) is 0 Å². The van der Waals surface area contributed by atoms with Crippen molar-refractivity contribution >= 4 is 5.69 Å². The number of nitrogens with one attached hydrogen (secondary N) is 1. The van der Waals surface area contributed by atoms with E-state index >= 15 is 0 Å². The third-order valence-corrected chi connectivity index (χ3v) is 7.20. The molecule has 166 valence electrons. The molecule has 0 saturated carbocycles. The van der Waals surface area contributed by atoms with Crippen LogP contribution in [-0.4, -0.2) is 26.7 Å². The van der Waals surface area contributed by atoms with Crippen molar-refractivity contribution in [1.29, 1.82) is 0 Å². The number of fused-ring (bicyclic) bond motifs is 3. The van der Waals surface area contributed by atoms with Crippen molar-refractivity contribution in [3.8, 4) is 11.1 Å².